The van der Waals surface area contributed by atoms with Crippen LogP contribution >= 0.6 is 15.9 Å². The number of ketones is 1. The Labute approximate surface area is 106 Å². The van der Waals surface area contributed by atoms with Gasteiger partial charge in [0.2, 0.25) is 0 Å². The third-order valence-electron chi connectivity index (χ3n) is 2.30. The summed E-state index contributed by atoms with van der Waals surface area (Å²) in [6, 6.07) is 6.12. The second kappa shape index (κ2) is 4.75. The highest BCUT2D eigenvalue weighted by atomic mass is 79.9. The fourth-order valence-electron chi connectivity index (χ4n) is 1.53. The maximum atomic E-state index is 13.6. The van der Waals surface area contributed by atoms with Crippen LogP contribution in [0.4, 0.5) is 4.39 Å². The van der Waals surface area contributed by atoms with Crippen molar-refractivity contribution in [3.05, 3.63) is 41.5 Å². The summed E-state index contributed by atoms with van der Waals surface area (Å²) >= 11 is 3.08. The van der Waals surface area contributed by atoms with E-state index in [0.717, 1.165) is 0 Å². The molecule has 0 N–H and O–H groups in total. The van der Waals surface area contributed by atoms with Crippen molar-refractivity contribution in [2.75, 3.05) is 5.33 Å². The number of carbonyl (C=O) groups excluding carboxylic acids is 1. The van der Waals surface area contributed by atoms with Gasteiger partial charge in [-0.2, -0.15) is 0 Å². The van der Waals surface area contributed by atoms with Crippen LogP contribution < -0.4 is 0 Å². The Bertz CT molecular complexity index is 568. The van der Waals surface area contributed by atoms with E-state index >= 15 is 0 Å². The summed E-state index contributed by atoms with van der Waals surface area (Å²) < 4.78 is 14.9. The molecule has 0 aliphatic heterocycles. The zero-order valence-corrected chi connectivity index (χ0v) is 10.6. The zero-order valence-electron chi connectivity index (χ0n) is 9.02. The van der Waals surface area contributed by atoms with Crippen LogP contribution in [0.2, 0.25) is 0 Å². The number of para-hydroxylation sites is 1. The number of rotatable bonds is 3. The molecule has 0 saturated heterocycles. The number of benzene rings is 1. The van der Waals surface area contributed by atoms with Crippen LogP contribution in [0.3, 0.4) is 0 Å². The predicted octanol–water partition coefficient (Wildman–Crippen LogP) is 2.29. The molecule has 0 fully saturated rings. The molecule has 1 heterocycles. The van der Waals surface area contributed by atoms with Crippen molar-refractivity contribution < 1.29 is 9.18 Å². The van der Waals surface area contributed by atoms with Crippen molar-refractivity contribution in [3.8, 4) is 5.69 Å². The lowest BCUT2D eigenvalue weighted by Gasteiger charge is -2.05. The summed E-state index contributed by atoms with van der Waals surface area (Å²) in [5, 5.41) is 7.76. The SMILES string of the molecule is Cc1nnn(-c2ccccc2F)c1C(=O)CBr. The van der Waals surface area contributed by atoms with Crippen molar-refractivity contribution in [2.24, 2.45) is 0 Å². The zero-order chi connectivity index (χ0) is 12.4. The summed E-state index contributed by atoms with van der Waals surface area (Å²) in [6.45, 7) is 1.67. The maximum Gasteiger partial charge on any atom is 0.193 e. The minimum Gasteiger partial charge on any atom is -0.291 e. The molecular formula is C11H9BrFN3O. The molecule has 0 spiro atoms. The topological polar surface area (TPSA) is 47.8 Å². The normalized spacial score (nSPS) is 10.5. The van der Waals surface area contributed by atoms with Crippen LogP contribution in [0.5, 0.6) is 0 Å². The van der Waals surface area contributed by atoms with Gasteiger partial charge in [-0.3, -0.25) is 4.79 Å². The van der Waals surface area contributed by atoms with Crippen LogP contribution in [0.1, 0.15) is 16.2 Å². The third-order valence-corrected chi connectivity index (χ3v) is 2.81. The van der Waals surface area contributed by atoms with Gasteiger partial charge in [0.25, 0.3) is 0 Å². The van der Waals surface area contributed by atoms with Crippen molar-refractivity contribution in [1.82, 2.24) is 15.0 Å². The molecule has 1 aromatic heterocycles. The van der Waals surface area contributed by atoms with Crippen molar-refractivity contribution in [2.45, 2.75) is 6.92 Å². The first-order valence-corrected chi connectivity index (χ1v) is 6.03. The molecule has 1 aromatic carbocycles. The first kappa shape index (κ1) is 11.9. The molecule has 6 heteroatoms. The Morgan fingerprint density at radius 3 is 2.82 bits per heavy atom. The molecule has 0 aliphatic rings. The number of aromatic nitrogens is 3. The van der Waals surface area contributed by atoms with E-state index < -0.39 is 5.82 Å². The van der Waals surface area contributed by atoms with Crippen molar-refractivity contribution in [3.63, 3.8) is 0 Å². The molecular weight excluding hydrogens is 289 g/mol. The van der Waals surface area contributed by atoms with Gasteiger partial charge in [-0.15, -0.1) is 5.10 Å². The highest BCUT2D eigenvalue weighted by molar-refractivity contribution is 9.09. The molecule has 2 rings (SSSR count). The molecule has 17 heavy (non-hydrogen) atoms. The van der Waals surface area contributed by atoms with Gasteiger partial charge >= 0.3 is 0 Å². The van der Waals surface area contributed by atoms with Gasteiger partial charge in [0.1, 0.15) is 17.2 Å². The fourth-order valence-corrected chi connectivity index (χ4v) is 1.80. The molecule has 0 atom stereocenters. The summed E-state index contributed by atoms with van der Waals surface area (Å²) in [4.78, 5) is 11.7. The van der Waals surface area contributed by atoms with E-state index in [1.165, 1.54) is 10.7 Å². The number of Topliss-reactive ketones (excluding diaryl/α,β-unsaturated/α-hetero) is 1. The minimum atomic E-state index is -0.443. The minimum absolute atomic E-state index is 0.148. The maximum absolute atomic E-state index is 13.6. The Balaban J connectivity index is 2.61. The number of nitrogens with zero attached hydrogens (tertiary/aromatic N) is 3. The Morgan fingerprint density at radius 1 is 1.47 bits per heavy atom. The van der Waals surface area contributed by atoms with E-state index in [2.05, 4.69) is 26.2 Å². The number of carbonyl (C=O) groups is 1. The molecule has 0 aliphatic carbocycles. The summed E-state index contributed by atoms with van der Waals surface area (Å²) in [6.07, 6.45) is 0. The standard InChI is InChI=1S/C11H9BrFN3O/c1-7-11(10(17)6-12)16(15-14-7)9-5-3-2-4-8(9)13/h2-5H,6H2,1H3. The molecule has 0 amide bonds. The van der Waals surface area contributed by atoms with Gasteiger partial charge in [-0.1, -0.05) is 33.3 Å². The van der Waals surface area contributed by atoms with Crippen molar-refractivity contribution >= 4 is 21.7 Å². The van der Waals surface area contributed by atoms with E-state index in [1.54, 1.807) is 25.1 Å². The second-order valence-corrected chi connectivity index (χ2v) is 4.00. The molecule has 0 bridgehead atoms. The fraction of sp³-hybridized carbons (Fsp3) is 0.182. The lowest BCUT2D eigenvalue weighted by Crippen LogP contribution is -2.12. The second-order valence-electron chi connectivity index (χ2n) is 3.44. The lowest BCUT2D eigenvalue weighted by atomic mass is 10.2. The average Bonchev–Trinajstić information content (AvgIpc) is 2.71. The summed E-state index contributed by atoms with van der Waals surface area (Å²) in [5.41, 5.74) is 1.00. The first-order chi connectivity index (χ1) is 8.15. The molecule has 2 aromatic rings. The van der Waals surface area contributed by atoms with Crippen molar-refractivity contribution in [1.29, 1.82) is 0 Å². The van der Waals surface area contributed by atoms with E-state index in [4.69, 9.17) is 0 Å². The smallest absolute Gasteiger partial charge is 0.193 e. The Hall–Kier alpha value is -1.56. The van der Waals surface area contributed by atoms with Crippen LogP contribution in [0.15, 0.2) is 24.3 Å². The van der Waals surface area contributed by atoms with E-state index in [1.807, 2.05) is 0 Å². The number of alkyl halides is 1. The van der Waals surface area contributed by atoms with E-state index in [-0.39, 0.29) is 16.8 Å². The molecule has 0 saturated carbocycles. The molecule has 0 radical (unpaired) electrons. The monoisotopic (exact) mass is 297 g/mol. The van der Waals surface area contributed by atoms with Gasteiger partial charge in [0.15, 0.2) is 5.78 Å². The van der Waals surface area contributed by atoms with Gasteiger partial charge in [-0.25, -0.2) is 9.07 Å². The summed E-state index contributed by atoms with van der Waals surface area (Å²) in [5.74, 6) is -0.628. The Kier molecular flexibility index (Phi) is 3.33. The van der Waals surface area contributed by atoms with Crippen LogP contribution in [-0.4, -0.2) is 26.1 Å². The van der Waals surface area contributed by atoms with Gasteiger partial charge < -0.3 is 0 Å². The number of hydrogen-bond donors (Lipinski definition) is 0. The van der Waals surface area contributed by atoms with E-state index in [0.29, 0.717) is 11.4 Å². The number of hydrogen-bond acceptors (Lipinski definition) is 3. The van der Waals surface area contributed by atoms with E-state index in [9.17, 15) is 9.18 Å². The average molecular weight is 298 g/mol. The van der Waals surface area contributed by atoms with Gasteiger partial charge in [0, 0.05) is 0 Å². The predicted molar refractivity (Wildman–Crippen MR) is 64.2 cm³/mol. The number of aryl methyl sites for hydroxylation is 1. The third kappa shape index (κ3) is 2.12. The quantitative estimate of drug-likeness (QED) is 0.645. The first-order valence-electron chi connectivity index (χ1n) is 4.91. The highest BCUT2D eigenvalue weighted by Crippen LogP contribution is 2.16. The van der Waals surface area contributed by atoms with Crippen LogP contribution in [-0.2, 0) is 0 Å². The lowest BCUT2D eigenvalue weighted by molar-refractivity contribution is 0.101. The highest BCUT2D eigenvalue weighted by Gasteiger charge is 2.19. The number of halogens is 2. The van der Waals surface area contributed by atoms with Gasteiger partial charge in [-0.05, 0) is 19.1 Å². The molecule has 0 unspecified atom stereocenters. The van der Waals surface area contributed by atoms with Gasteiger partial charge in [0.05, 0.1) is 11.0 Å². The van der Waals surface area contributed by atoms with Crippen LogP contribution in [0, 0.1) is 12.7 Å². The summed E-state index contributed by atoms with van der Waals surface area (Å²) in [7, 11) is 0. The van der Waals surface area contributed by atoms with Crippen LogP contribution in [0.25, 0.3) is 5.69 Å². The molecule has 88 valence electrons. The largest absolute Gasteiger partial charge is 0.291 e. The Morgan fingerprint density at radius 2 is 2.18 bits per heavy atom. The molecule has 4 nitrogen and oxygen atoms in total.